The molecule has 0 radical (unpaired) electrons. The Labute approximate surface area is 138 Å². The lowest BCUT2D eigenvalue weighted by atomic mass is 10.0. The third kappa shape index (κ3) is 2.52. The fourth-order valence-corrected chi connectivity index (χ4v) is 4.07. The number of nitrogens with one attached hydrogen (secondary N) is 1. The Hall–Kier alpha value is -2.18. The third-order valence-corrected chi connectivity index (χ3v) is 5.46. The fourth-order valence-electron chi connectivity index (χ4n) is 4.07. The van der Waals surface area contributed by atoms with Crippen molar-refractivity contribution in [1.29, 1.82) is 0 Å². The van der Waals surface area contributed by atoms with Gasteiger partial charge in [-0.05, 0) is 24.3 Å². The van der Waals surface area contributed by atoms with E-state index in [1.807, 2.05) is 30.3 Å². The van der Waals surface area contributed by atoms with E-state index >= 15 is 0 Å². The van der Waals surface area contributed by atoms with Gasteiger partial charge in [0.15, 0.2) is 0 Å². The summed E-state index contributed by atoms with van der Waals surface area (Å²) in [7, 11) is 0. The number of H-pyrrole nitrogens is 1. The highest BCUT2D eigenvalue weighted by Crippen LogP contribution is 2.67. The summed E-state index contributed by atoms with van der Waals surface area (Å²) in [6.45, 7) is 1.01. The molecule has 1 unspecified atom stereocenters. The lowest BCUT2D eigenvalue weighted by molar-refractivity contribution is 0.0134. The molecule has 6 heteroatoms. The number of fused-ring (bicyclic) bond motifs is 1. The molecule has 4 atom stereocenters. The Balaban J connectivity index is 1.45. The number of aromatic nitrogens is 2. The summed E-state index contributed by atoms with van der Waals surface area (Å²) in [6, 6.07) is 11.2. The van der Waals surface area contributed by atoms with Crippen molar-refractivity contribution >= 4 is 0 Å². The molecule has 2 N–H and O–H groups in total. The van der Waals surface area contributed by atoms with Gasteiger partial charge in [0.25, 0.3) is 5.56 Å². The molecule has 2 saturated carbocycles. The van der Waals surface area contributed by atoms with Crippen LogP contribution in [0, 0.1) is 11.3 Å². The Morgan fingerprint density at radius 1 is 1.25 bits per heavy atom. The summed E-state index contributed by atoms with van der Waals surface area (Å²) >= 11 is 0. The highest BCUT2D eigenvalue weighted by Gasteiger charge is 2.67. The zero-order valence-corrected chi connectivity index (χ0v) is 13.2. The molecule has 1 aromatic heterocycles. The van der Waals surface area contributed by atoms with Gasteiger partial charge in [-0.15, -0.1) is 0 Å². The molecule has 126 valence electrons. The van der Waals surface area contributed by atoms with E-state index in [0.29, 0.717) is 19.6 Å². The van der Waals surface area contributed by atoms with Crippen LogP contribution in [0.2, 0.25) is 0 Å². The number of nitrogens with zero attached hydrogens (tertiary/aromatic N) is 1. The number of hydrogen-bond acceptors (Lipinski definition) is 4. The van der Waals surface area contributed by atoms with Crippen LogP contribution in [0.3, 0.4) is 0 Å². The van der Waals surface area contributed by atoms with Gasteiger partial charge in [0.2, 0.25) is 0 Å². The van der Waals surface area contributed by atoms with Crippen LogP contribution in [0.5, 0.6) is 0 Å². The van der Waals surface area contributed by atoms with Crippen molar-refractivity contribution in [2.24, 2.45) is 11.3 Å². The smallest absolute Gasteiger partial charge is 0.328 e. The molecule has 4 rings (SSSR count). The molecule has 0 spiro atoms. The summed E-state index contributed by atoms with van der Waals surface area (Å²) in [4.78, 5) is 25.5. The molecule has 24 heavy (non-hydrogen) atoms. The molecule has 1 aromatic carbocycles. The number of rotatable bonds is 5. The van der Waals surface area contributed by atoms with Crippen LogP contribution in [0.4, 0.5) is 0 Å². The van der Waals surface area contributed by atoms with E-state index in [-0.39, 0.29) is 17.4 Å². The average molecular weight is 328 g/mol. The average Bonchev–Trinajstić information content (AvgIpc) is 3.23. The molecule has 0 saturated heterocycles. The van der Waals surface area contributed by atoms with E-state index < -0.39 is 17.4 Å². The first-order valence-electron chi connectivity index (χ1n) is 8.21. The number of hydrogen-bond donors (Lipinski definition) is 2. The molecule has 2 fully saturated rings. The SMILES string of the molecule is O=c1ccn([C@H]2C[C@H](O)C3(COCc4ccccc4)C[C@H]23)c(=O)[nH]1. The van der Waals surface area contributed by atoms with Crippen LogP contribution >= 0.6 is 0 Å². The van der Waals surface area contributed by atoms with Crippen molar-refractivity contribution in [1.82, 2.24) is 9.55 Å². The van der Waals surface area contributed by atoms with E-state index in [1.54, 1.807) is 4.57 Å². The highest BCUT2D eigenvalue weighted by molar-refractivity contribution is 5.18. The van der Waals surface area contributed by atoms with Crippen LogP contribution < -0.4 is 11.2 Å². The number of benzene rings is 1. The topological polar surface area (TPSA) is 84.3 Å². The zero-order chi connectivity index (χ0) is 16.7. The van der Waals surface area contributed by atoms with Crippen LogP contribution in [-0.2, 0) is 11.3 Å². The maximum absolute atomic E-state index is 12.0. The molecule has 2 aliphatic carbocycles. The van der Waals surface area contributed by atoms with Crippen molar-refractivity contribution in [3.05, 3.63) is 69.0 Å². The molecule has 2 aliphatic rings. The Morgan fingerprint density at radius 3 is 2.75 bits per heavy atom. The van der Waals surface area contributed by atoms with Crippen molar-refractivity contribution in [2.45, 2.75) is 31.6 Å². The van der Waals surface area contributed by atoms with Gasteiger partial charge in [-0.1, -0.05) is 30.3 Å². The standard InChI is InChI=1S/C18H20N2O4/c21-15-8-14(20-7-6-16(22)19-17(20)23)13-9-18(13,15)11-24-10-12-4-2-1-3-5-12/h1-7,13-15,21H,8-11H2,(H,19,22,23)/t13-,14+,15+,18?/m1/s1. The van der Waals surface area contributed by atoms with Gasteiger partial charge in [-0.25, -0.2) is 4.79 Å². The lowest BCUT2D eigenvalue weighted by Gasteiger charge is -2.18. The molecule has 1 heterocycles. The van der Waals surface area contributed by atoms with Gasteiger partial charge in [-0.2, -0.15) is 0 Å². The minimum absolute atomic E-state index is 0.0790. The summed E-state index contributed by atoms with van der Waals surface area (Å²) in [5, 5.41) is 10.5. The molecule has 0 bridgehead atoms. The molecule has 0 aliphatic heterocycles. The van der Waals surface area contributed by atoms with Crippen molar-refractivity contribution < 1.29 is 9.84 Å². The predicted octanol–water partition coefficient (Wildman–Crippen LogP) is 1.07. The third-order valence-electron chi connectivity index (χ3n) is 5.46. The van der Waals surface area contributed by atoms with Crippen molar-refractivity contribution in [2.75, 3.05) is 6.61 Å². The molecular weight excluding hydrogens is 308 g/mol. The summed E-state index contributed by atoms with van der Waals surface area (Å²) < 4.78 is 7.39. The maximum atomic E-state index is 12.0. The van der Waals surface area contributed by atoms with E-state index in [1.165, 1.54) is 12.3 Å². The van der Waals surface area contributed by atoms with Gasteiger partial charge in [-0.3, -0.25) is 14.3 Å². The van der Waals surface area contributed by atoms with E-state index in [2.05, 4.69) is 4.98 Å². The normalized spacial score (nSPS) is 31.0. The predicted molar refractivity (Wildman–Crippen MR) is 87.6 cm³/mol. The van der Waals surface area contributed by atoms with E-state index in [9.17, 15) is 14.7 Å². The van der Waals surface area contributed by atoms with E-state index in [4.69, 9.17) is 4.74 Å². The summed E-state index contributed by atoms with van der Waals surface area (Å²) in [5.41, 5.74) is 0.0392. The van der Waals surface area contributed by atoms with Crippen LogP contribution in [0.25, 0.3) is 0 Å². The number of ether oxygens (including phenoxy) is 1. The first kappa shape index (κ1) is 15.4. The number of aromatic amines is 1. The summed E-state index contributed by atoms with van der Waals surface area (Å²) in [5.74, 6) is 0.215. The second-order valence-electron chi connectivity index (χ2n) is 6.86. The minimum atomic E-state index is -0.484. The second kappa shape index (κ2) is 5.72. The van der Waals surface area contributed by atoms with Gasteiger partial charge in [0.05, 0.1) is 19.3 Å². The van der Waals surface area contributed by atoms with Gasteiger partial charge in [0.1, 0.15) is 0 Å². The van der Waals surface area contributed by atoms with Gasteiger partial charge >= 0.3 is 5.69 Å². The number of aliphatic hydroxyl groups is 1. The van der Waals surface area contributed by atoms with Crippen molar-refractivity contribution in [3.8, 4) is 0 Å². The monoisotopic (exact) mass is 328 g/mol. The van der Waals surface area contributed by atoms with Gasteiger partial charge < -0.3 is 9.84 Å². The Kier molecular flexibility index (Phi) is 3.66. The second-order valence-corrected chi connectivity index (χ2v) is 6.86. The zero-order valence-electron chi connectivity index (χ0n) is 13.2. The molecular formula is C18H20N2O4. The lowest BCUT2D eigenvalue weighted by Crippen LogP contribution is -2.32. The minimum Gasteiger partial charge on any atom is -0.392 e. The highest BCUT2D eigenvalue weighted by atomic mass is 16.5. The molecule has 2 aromatic rings. The molecule has 0 amide bonds. The van der Waals surface area contributed by atoms with Crippen LogP contribution in [0.1, 0.15) is 24.4 Å². The fraction of sp³-hybridized carbons (Fsp3) is 0.444. The van der Waals surface area contributed by atoms with Crippen molar-refractivity contribution in [3.63, 3.8) is 0 Å². The van der Waals surface area contributed by atoms with E-state index in [0.717, 1.165) is 12.0 Å². The van der Waals surface area contributed by atoms with Gasteiger partial charge in [0, 0.05) is 23.7 Å². The largest absolute Gasteiger partial charge is 0.392 e. The Morgan fingerprint density at radius 2 is 2.04 bits per heavy atom. The Bertz CT molecular complexity index is 844. The van der Waals surface area contributed by atoms with Crippen LogP contribution in [-0.4, -0.2) is 27.4 Å². The maximum Gasteiger partial charge on any atom is 0.328 e. The first-order valence-corrected chi connectivity index (χ1v) is 8.21. The van der Waals surface area contributed by atoms with Crippen LogP contribution in [0.15, 0.2) is 52.2 Å². The summed E-state index contributed by atoms with van der Waals surface area (Å²) in [6.07, 6.45) is 2.41. The molecule has 6 nitrogen and oxygen atoms in total. The quantitative estimate of drug-likeness (QED) is 0.860. The number of aliphatic hydroxyl groups excluding tert-OH is 1. The first-order chi connectivity index (χ1) is 11.6.